The van der Waals surface area contributed by atoms with Crippen LogP contribution in [0.25, 0.3) is 0 Å². The van der Waals surface area contributed by atoms with Gasteiger partial charge < -0.3 is 15.0 Å². The average molecular weight is 285 g/mol. The number of nitrogens with one attached hydrogen (secondary N) is 1. The number of thiocarbonyl (C=S) groups is 1. The van der Waals surface area contributed by atoms with Gasteiger partial charge in [0.05, 0.1) is 6.61 Å². The largest absolute Gasteiger partial charge is 0.383 e. The number of hydrogen-bond acceptors (Lipinski definition) is 3. The van der Waals surface area contributed by atoms with Gasteiger partial charge in [0.15, 0.2) is 5.11 Å². The Morgan fingerprint density at radius 1 is 1.16 bits per heavy atom. The molecule has 0 aromatic carbocycles. The van der Waals surface area contributed by atoms with Gasteiger partial charge in [-0.15, -0.1) is 0 Å². The molecule has 0 bridgehead atoms. The summed E-state index contributed by atoms with van der Waals surface area (Å²) in [4.78, 5) is 4.97. The normalized spacial score (nSPS) is 22.5. The smallest absolute Gasteiger partial charge is 0.169 e. The molecule has 1 heterocycles. The van der Waals surface area contributed by atoms with Crippen molar-refractivity contribution in [3.05, 3.63) is 0 Å². The van der Waals surface area contributed by atoms with E-state index in [4.69, 9.17) is 17.0 Å². The summed E-state index contributed by atoms with van der Waals surface area (Å²) >= 11 is 5.42. The van der Waals surface area contributed by atoms with Crippen LogP contribution in [-0.2, 0) is 4.74 Å². The third kappa shape index (κ3) is 4.58. The second-order valence-electron chi connectivity index (χ2n) is 5.54. The molecular formula is C14H27N3OS. The van der Waals surface area contributed by atoms with E-state index in [-0.39, 0.29) is 0 Å². The van der Waals surface area contributed by atoms with Gasteiger partial charge in [-0.1, -0.05) is 19.3 Å². The fourth-order valence-corrected chi connectivity index (χ4v) is 3.39. The number of ether oxygens (including phenoxy) is 1. The summed E-state index contributed by atoms with van der Waals surface area (Å²) in [7, 11) is 1.72. The third-order valence-electron chi connectivity index (χ3n) is 4.27. The van der Waals surface area contributed by atoms with E-state index in [1.54, 1.807) is 7.11 Å². The van der Waals surface area contributed by atoms with Crippen molar-refractivity contribution in [1.82, 2.24) is 15.1 Å². The molecular weight excluding hydrogens is 258 g/mol. The number of hydrogen-bond donors (Lipinski definition) is 1. The van der Waals surface area contributed by atoms with E-state index < -0.39 is 0 Å². The van der Waals surface area contributed by atoms with E-state index in [9.17, 15) is 0 Å². The quantitative estimate of drug-likeness (QED) is 0.623. The lowest BCUT2D eigenvalue weighted by Crippen LogP contribution is -2.54. The molecule has 1 aliphatic carbocycles. The minimum Gasteiger partial charge on any atom is -0.383 e. The molecule has 4 nitrogen and oxygen atoms in total. The lowest BCUT2D eigenvalue weighted by atomic mass is 9.94. The Morgan fingerprint density at radius 3 is 2.47 bits per heavy atom. The number of nitrogens with zero attached hydrogens (tertiary/aromatic N) is 2. The number of methoxy groups -OCH3 is 1. The van der Waals surface area contributed by atoms with Crippen molar-refractivity contribution in [3.63, 3.8) is 0 Å². The highest BCUT2D eigenvalue weighted by Crippen LogP contribution is 2.23. The first-order valence-corrected chi connectivity index (χ1v) is 7.98. The molecule has 2 fully saturated rings. The van der Waals surface area contributed by atoms with E-state index in [0.717, 1.165) is 43.9 Å². The maximum Gasteiger partial charge on any atom is 0.169 e. The van der Waals surface area contributed by atoms with Gasteiger partial charge in [-0.2, -0.15) is 0 Å². The maximum atomic E-state index is 5.42. The van der Waals surface area contributed by atoms with E-state index in [0.29, 0.717) is 6.61 Å². The lowest BCUT2D eigenvalue weighted by Gasteiger charge is -2.41. The van der Waals surface area contributed by atoms with Crippen LogP contribution in [0.1, 0.15) is 32.1 Å². The highest BCUT2D eigenvalue weighted by molar-refractivity contribution is 7.80. The first kappa shape index (κ1) is 15.0. The lowest BCUT2D eigenvalue weighted by molar-refractivity contribution is 0.106. The van der Waals surface area contributed by atoms with Crippen LogP contribution in [0, 0.1) is 0 Å². The van der Waals surface area contributed by atoms with Crippen molar-refractivity contribution >= 4 is 17.3 Å². The fraction of sp³-hybridized carbons (Fsp3) is 0.929. The maximum absolute atomic E-state index is 5.42. The number of piperazine rings is 1. The molecule has 0 aromatic heterocycles. The predicted molar refractivity (Wildman–Crippen MR) is 82.5 cm³/mol. The van der Waals surface area contributed by atoms with Gasteiger partial charge in [-0.25, -0.2) is 0 Å². The molecule has 110 valence electrons. The zero-order chi connectivity index (χ0) is 13.5. The molecule has 1 saturated carbocycles. The van der Waals surface area contributed by atoms with E-state index >= 15 is 0 Å². The van der Waals surface area contributed by atoms with Crippen LogP contribution >= 0.6 is 12.2 Å². The Labute approximate surface area is 122 Å². The highest BCUT2D eigenvalue weighted by atomic mass is 32.1. The number of rotatable bonds is 4. The molecule has 2 aliphatic rings. The molecule has 5 heteroatoms. The van der Waals surface area contributed by atoms with Crippen molar-refractivity contribution in [1.29, 1.82) is 0 Å². The zero-order valence-electron chi connectivity index (χ0n) is 12.1. The minimum absolute atomic E-state index is 0.710. The van der Waals surface area contributed by atoms with E-state index in [1.165, 1.54) is 32.1 Å². The van der Waals surface area contributed by atoms with Crippen molar-refractivity contribution in [3.8, 4) is 0 Å². The standard InChI is InChI=1S/C14H27N3OS/c1-18-12-7-15-14(19)17-10-8-16(9-11-17)13-5-3-2-4-6-13/h13H,2-12H2,1H3,(H,15,19). The first-order valence-electron chi connectivity index (χ1n) is 7.57. The molecule has 1 N–H and O–H groups in total. The van der Waals surface area contributed by atoms with Crippen molar-refractivity contribution in [2.75, 3.05) is 46.4 Å². The summed E-state index contributed by atoms with van der Waals surface area (Å²) in [6, 6.07) is 0.839. The molecule has 0 aromatic rings. The molecule has 2 rings (SSSR count). The summed E-state index contributed by atoms with van der Waals surface area (Å²) in [5.41, 5.74) is 0. The molecule has 0 atom stereocenters. The van der Waals surface area contributed by atoms with Gasteiger partial charge in [-0.05, 0) is 25.1 Å². The van der Waals surface area contributed by atoms with Crippen LogP contribution in [0.2, 0.25) is 0 Å². The van der Waals surface area contributed by atoms with Crippen molar-refractivity contribution in [2.24, 2.45) is 0 Å². The SMILES string of the molecule is COCCNC(=S)N1CCN(C2CCCCC2)CC1. The van der Waals surface area contributed by atoms with Crippen molar-refractivity contribution < 1.29 is 4.74 Å². The Balaban J connectivity index is 1.68. The van der Waals surface area contributed by atoms with Crippen LogP contribution in [0.5, 0.6) is 0 Å². The Morgan fingerprint density at radius 2 is 1.84 bits per heavy atom. The monoisotopic (exact) mass is 285 g/mol. The van der Waals surface area contributed by atoms with Gasteiger partial charge in [0.2, 0.25) is 0 Å². The van der Waals surface area contributed by atoms with Crippen LogP contribution in [0.4, 0.5) is 0 Å². The predicted octanol–water partition coefficient (Wildman–Crippen LogP) is 1.46. The Hall–Kier alpha value is -0.390. The fourth-order valence-electron chi connectivity index (χ4n) is 3.11. The van der Waals surface area contributed by atoms with Gasteiger partial charge >= 0.3 is 0 Å². The summed E-state index contributed by atoms with van der Waals surface area (Å²) < 4.78 is 5.03. The molecule has 1 aliphatic heterocycles. The summed E-state index contributed by atoms with van der Waals surface area (Å²) in [6.45, 7) is 5.97. The van der Waals surface area contributed by atoms with E-state index in [1.807, 2.05) is 0 Å². The Bertz CT molecular complexity index is 274. The zero-order valence-corrected chi connectivity index (χ0v) is 12.9. The van der Waals surface area contributed by atoms with Gasteiger partial charge in [-0.3, -0.25) is 4.90 Å². The van der Waals surface area contributed by atoms with E-state index in [2.05, 4.69) is 15.1 Å². The van der Waals surface area contributed by atoms with Gasteiger partial charge in [0.25, 0.3) is 0 Å². The Kier molecular flexibility index (Phi) is 6.34. The minimum atomic E-state index is 0.710. The molecule has 0 spiro atoms. The summed E-state index contributed by atoms with van der Waals surface area (Å²) in [5, 5.41) is 4.15. The van der Waals surface area contributed by atoms with Crippen LogP contribution in [-0.4, -0.2) is 67.4 Å². The molecule has 0 radical (unpaired) electrons. The highest BCUT2D eigenvalue weighted by Gasteiger charge is 2.25. The van der Waals surface area contributed by atoms with Crippen LogP contribution < -0.4 is 5.32 Å². The molecule has 1 saturated heterocycles. The second kappa shape index (κ2) is 8.02. The third-order valence-corrected chi connectivity index (χ3v) is 4.68. The molecule has 0 unspecified atom stereocenters. The summed E-state index contributed by atoms with van der Waals surface area (Å²) in [6.07, 6.45) is 7.07. The van der Waals surface area contributed by atoms with Crippen LogP contribution in [0.3, 0.4) is 0 Å². The topological polar surface area (TPSA) is 27.7 Å². The summed E-state index contributed by atoms with van der Waals surface area (Å²) in [5.74, 6) is 0. The van der Waals surface area contributed by atoms with Crippen molar-refractivity contribution in [2.45, 2.75) is 38.1 Å². The molecule has 0 amide bonds. The molecule has 19 heavy (non-hydrogen) atoms. The van der Waals surface area contributed by atoms with Crippen LogP contribution in [0.15, 0.2) is 0 Å². The van der Waals surface area contributed by atoms with Gasteiger partial charge in [0, 0.05) is 45.9 Å². The van der Waals surface area contributed by atoms with Gasteiger partial charge in [0.1, 0.15) is 0 Å². The first-order chi connectivity index (χ1) is 9.31. The second-order valence-corrected chi connectivity index (χ2v) is 5.93. The average Bonchev–Trinajstić information content (AvgIpc) is 2.48.